The van der Waals surface area contributed by atoms with E-state index < -0.39 is 0 Å². The Balaban J connectivity index is 1.77. The van der Waals surface area contributed by atoms with Crippen molar-refractivity contribution < 1.29 is 5.11 Å². The Bertz CT molecular complexity index is 1650. The van der Waals surface area contributed by atoms with Crippen molar-refractivity contribution in [2.24, 2.45) is 13.0 Å². The van der Waals surface area contributed by atoms with Crippen LogP contribution in [0.25, 0.3) is 21.7 Å². The van der Waals surface area contributed by atoms with Gasteiger partial charge in [-0.25, -0.2) is 4.79 Å². The first-order valence-corrected chi connectivity index (χ1v) is 12.4. The number of phenols is 1. The minimum absolute atomic E-state index is 0.187. The second kappa shape index (κ2) is 9.15. The highest BCUT2D eigenvalue weighted by Gasteiger charge is 2.21. The van der Waals surface area contributed by atoms with E-state index in [-0.39, 0.29) is 22.9 Å². The van der Waals surface area contributed by atoms with Crippen molar-refractivity contribution >= 4 is 33.4 Å². The lowest BCUT2D eigenvalue weighted by Crippen LogP contribution is -2.38. The van der Waals surface area contributed by atoms with Crippen molar-refractivity contribution in [3.05, 3.63) is 99.3 Å². The smallest absolute Gasteiger partial charge is 0.331 e. The first kappa shape index (κ1) is 23.1. The van der Waals surface area contributed by atoms with Crippen LogP contribution >= 0.6 is 11.8 Å². The molecule has 0 saturated carbocycles. The van der Waals surface area contributed by atoms with Crippen LogP contribution in [0.15, 0.2) is 92.4 Å². The number of nitrogens with zero attached hydrogens (tertiary/aromatic N) is 3. The minimum atomic E-state index is -0.306. The molecule has 0 amide bonds. The standard InChI is InChI=1S/C28H27N3O3S/c1-18(2)15-31-24-17-30(16-20-9-6-8-19-7-4-5-10-23(19)20)27(25(24)26(33)29(3)28(31)34)35-22-13-11-21(32)12-14-22/h4-14,17-18,32H,15-16H2,1-3H3. The fourth-order valence-electron chi connectivity index (χ4n) is 4.48. The van der Waals surface area contributed by atoms with E-state index in [1.807, 2.05) is 36.5 Å². The molecular weight excluding hydrogens is 458 g/mol. The summed E-state index contributed by atoms with van der Waals surface area (Å²) < 4.78 is 4.98. The predicted octanol–water partition coefficient (Wildman–Crippen LogP) is 5.22. The average Bonchev–Trinajstić information content (AvgIpc) is 3.19. The lowest BCUT2D eigenvalue weighted by atomic mass is 10.0. The number of phenolic OH excluding ortho intramolecular Hbond substituents is 1. The maximum atomic E-state index is 13.4. The molecule has 6 nitrogen and oxygen atoms in total. The molecule has 2 aromatic heterocycles. The van der Waals surface area contributed by atoms with Crippen LogP contribution in [0, 0.1) is 5.92 Å². The van der Waals surface area contributed by atoms with E-state index in [0.717, 1.165) is 26.3 Å². The molecule has 5 rings (SSSR count). The molecule has 0 fully saturated rings. The van der Waals surface area contributed by atoms with Gasteiger partial charge < -0.3 is 9.67 Å². The molecule has 0 spiro atoms. The number of hydrogen-bond acceptors (Lipinski definition) is 4. The topological polar surface area (TPSA) is 69.2 Å². The lowest BCUT2D eigenvalue weighted by Gasteiger charge is -2.12. The number of rotatable bonds is 6. The normalized spacial score (nSPS) is 11.7. The lowest BCUT2D eigenvalue weighted by molar-refractivity contribution is 0.475. The number of aromatic nitrogens is 3. The molecule has 3 aromatic carbocycles. The third-order valence-electron chi connectivity index (χ3n) is 6.16. The first-order chi connectivity index (χ1) is 16.8. The second-order valence-corrected chi connectivity index (χ2v) is 10.3. The van der Waals surface area contributed by atoms with Crippen LogP contribution in [-0.2, 0) is 20.1 Å². The third-order valence-corrected chi connectivity index (χ3v) is 7.30. The molecule has 35 heavy (non-hydrogen) atoms. The van der Waals surface area contributed by atoms with Gasteiger partial charge >= 0.3 is 5.69 Å². The Morgan fingerprint density at radius 3 is 2.40 bits per heavy atom. The molecule has 2 heterocycles. The van der Waals surface area contributed by atoms with Gasteiger partial charge in [0, 0.05) is 31.2 Å². The Kier molecular flexibility index (Phi) is 6.03. The highest BCUT2D eigenvalue weighted by molar-refractivity contribution is 7.99. The summed E-state index contributed by atoms with van der Waals surface area (Å²) in [7, 11) is 1.54. The van der Waals surface area contributed by atoms with Crippen LogP contribution in [0.3, 0.4) is 0 Å². The van der Waals surface area contributed by atoms with E-state index in [9.17, 15) is 14.7 Å². The van der Waals surface area contributed by atoms with E-state index >= 15 is 0 Å². The van der Waals surface area contributed by atoms with Gasteiger partial charge in [-0.1, -0.05) is 68.1 Å². The Morgan fingerprint density at radius 2 is 1.66 bits per heavy atom. The fourth-order valence-corrected chi connectivity index (χ4v) is 5.50. The molecule has 0 radical (unpaired) electrons. The zero-order valence-corrected chi connectivity index (χ0v) is 20.7. The van der Waals surface area contributed by atoms with Crippen molar-refractivity contribution in [3.8, 4) is 5.75 Å². The number of benzene rings is 3. The summed E-state index contributed by atoms with van der Waals surface area (Å²) in [6.07, 6.45) is 1.94. The molecule has 0 aliphatic heterocycles. The molecule has 178 valence electrons. The average molecular weight is 486 g/mol. The van der Waals surface area contributed by atoms with Crippen LogP contribution in [0.2, 0.25) is 0 Å². The largest absolute Gasteiger partial charge is 0.508 e. The Morgan fingerprint density at radius 1 is 0.943 bits per heavy atom. The van der Waals surface area contributed by atoms with Gasteiger partial charge in [-0.15, -0.1) is 0 Å². The summed E-state index contributed by atoms with van der Waals surface area (Å²) in [5.41, 5.74) is 1.17. The quantitative estimate of drug-likeness (QED) is 0.358. The van der Waals surface area contributed by atoms with E-state index in [1.54, 1.807) is 16.7 Å². The van der Waals surface area contributed by atoms with Crippen molar-refractivity contribution in [3.63, 3.8) is 0 Å². The molecule has 0 unspecified atom stereocenters. The van der Waals surface area contributed by atoms with Crippen molar-refractivity contribution in [1.82, 2.24) is 13.7 Å². The Labute approximate surface area is 207 Å². The van der Waals surface area contributed by atoms with Gasteiger partial charge in [0.05, 0.1) is 15.9 Å². The number of aromatic hydroxyl groups is 1. The van der Waals surface area contributed by atoms with Gasteiger partial charge in [-0.3, -0.25) is 13.9 Å². The molecule has 0 saturated heterocycles. The van der Waals surface area contributed by atoms with E-state index in [2.05, 4.69) is 42.7 Å². The molecule has 7 heteroatoms. The summed E-state index contributed by atoms with van der Waals surface area (Å²) >= 11 is 1.46. The summed E-state index contributed by atoms with van der Waals surface area (Å²) in [5.74, 6) is 0.426. The summed E-state index contributed by atoms with van der Waals surface area (Å²) in [5, 5.41) is 13.3. The summed E-state index contributed by atoms with van der Waals surface area (Å²) in [6, 6.07) is 21.4. The molecule has 1 N–H and O–H groups in total. The maximum Gasteiger partial charge on any atom is 0.331 e. The van der Waals surface area contributed by atoms with Gasteiger partial charge in [0.1, 0.15) is 5.75 Å². The minimum Gasteiger partial charge on any atom is -0.508 e. The first-order valence-electron chi connectivity index (χ1n) is 11.6. The van der Waals surface area contributed by atoms with E-state index in [4.69, 9.17) is 0 Å². The summed E-state index contributed by atoms with van der Waals surface area (Å²) in [6.45, 7) is 5.19. The monoisotopic (exact) mass is 485 g/mol. The van der Waals surface area contributed by atoms with Gasteiger partial charge in [-0.2, -0.15) is 0 Å². The van der Waals surface area contributed by atoms with Crippen molar-refractivity contribution in [2.75, 3.05) is 0 Å². The molecule has 0 atom stereocenters. The van der Waals surface area contributed by atoms with Crippen molar-refractivity contribution in [2.45, 2.75) is 36.9 Å². The molecule has 0 bridgehead atoms. The number of fused-ring (bicyclic) bond motifs is 2. The zero-order valence-electron chi connectivity index (χ0n) is 19.9. The van der Waals surface area contributed by atoms with Gasteiger partial charge in [0.15, 0.2) is 0 Å². The molecule has 0 aliphatic rings. The number of hydrogen-bond donors (Lipinski definition) is 1. The predicted molar refractivity (Wildman–Crippen MR) is 142 cm³/mol. The van der Waals surface area contributed by atoms with E-state index in [1.165, 1.54) is 23.4 Å². The zero-order chi connectivity index (χ0) is 24.7. The van der Waals surface area contributed by atoms with Gasteiger partial charge in [-0.05, 0) is 46.5 Å². The van der Waals surface area contributed by atoms with Crippen LogP contribution in [-0.4, -0.2) is 18.8 Å². The van der Waals surface area contributed by atoms with Gasteiger partial charge in [0.2, 0.25) is 0 Å². The maximum absolute atomic E-state index is 13.4. The summed E-state index contributed by atoms with van der Waals surface area (Å²) in [4.78, 5) is 27.4. The van der Waals surface area contributed by atoms with Gasteiger partial charge in [0.25, 0.3) is 5.56 Å². The second-order valence-electron chi connectivity index (χ2n) is 9.21. The Hall–Kier alpha value is -3.71. The highest BCUT2D eigenvalue weighted by Crippen LogP contribution is 2.35. The molecule has 5 aromatic rings. The van der Waals surface area contributed by atoms with Crippen LogP contribution < -0.4 is 11.2 Å². The third kappa shape index (κ3) is 4.28. The van der Waals surface area contributed by atoms with E-state index in [0.29, 0.717) is 24.0 Å². The van der Waals surface area contributed by atoms with Crippen LogP contribution in [0.5, 0.6) is 5.75 Å². The fraction of sp³-hybridized carbons (Fsp3) is 0.214. The van der Waals surface area contributed by atoms with Crippen molar-refractivity contribution in [1.29, 1.82) is 0 Å². The van der Waals surface area contributed by atoms with Crippen LogP contribution in [0.1, 0.15) is 19.4 Å². The SMILES string of the molecule is CC(C)Cn1c(=O)n(C)c(=O)c2c(Sc3ccc(O)cc3)n(Cc3cccc4ccccc34)cc21. The highest BCUT2D eigenvalue weighted by atomic mass is 32.2. The van der Waals surface area contributed by atoms with Crippen LogP contribution in [0.4, 0.5) is 0 Å². The molecule has 0 aliphatic carbocycles. The molecular formula is C28H27N3O3S.